The zero-order valence-electron chi connectivity index (χ0n) is 14.5. The van der Waals surface area contributed by atoms with Crippen molar-refractivity contribution in [3.63, 3.8) is 0 Å². The molecule has 1 spiro atoms. The smallest absolute Gasteiger partial charge is 0.231 e. The number of aryl methyl sites for hydroxylation is 2. The maximum absolute atomic E-state index is 12.6. The lowest BCUT2D eigenvalue weighted by Gasteiger charge is -2.53. The summed E-state index contributed by atoms with van der Waals surface area (Å²) in [4.78, 5) is 22.4. The molecule has 0 radical (unpaired) electrons. The van der Waals surface area contributed by atoms with Gasteiger partial charge in [0.2, 0.25) is 5.91 Å². The number of β-lactam (4-membered cyclic amide) rings is 1. The molecule has 1 aromatic heterocycles. The molecule has 3 heterocycles. The third-order valence-electron chi connectivity index (χ3n) is 4.99. The number of hydrogen-bond acceptors (Lipinski definition) is 6. The topological polar surface area (TPSA) is 70.6 Å². The Morgan fingerprint density at radius 3 is 2.62 bits per heavy atom. The van der Waals surface area contributed by atoms with Gasteiger partial charge in [-0.15, -0.1) is 11.3 Å². The molecule has 24 heavy (non-hydrogen) atoms. The first kappa shape index (κ1) is 17.8. The van der Waals surface area contributed by atoms with Crippen LogP contribution < -0.4 is 0 Å². The summed E-state index contributed by atoms with van der Waals surface area (Å²) in [7, 11) is -3.02. The van der Waals surface area contributed by atoms with Crippen LogP contribution in [0.3, 0.4) is 0 Å². The van der Waals surface area contributed by atoms with Crippen molar-refractivity contribution in [2.75, 3.05) is 38.2 Å². The average Bonchev–Trinajstić information content (AvgIpc) is 2.80. The van der Waals surface area contributed by atoms with Crippen LogP contribution in [0.5, 0.6) is 0 Å². The standard InChI is InChI=1S/C16H25N3O3S2/c1-12-14(23-13(2)17-12)9-18-6-4-5-16(10-18)11-19(15(16)20)7-8-24(3,21)22/h4-11H2,1-3H3. The zero-order valence-corrected chi connectivity index (χ0v) is 16.2. The van der Waals surface area contributed by atoms with E-state index in [0.29, 0.717) is 13.1 Å². The molecule has 0 aromatic carbocycles. The second-order valence-electron chi connectivity index (χ2n) is 7.19. The summed E-state index contributed by atoms with van der Waals surface area (Å²) >= 11 is 1.73. The fourth-order valence-corrected chi connectivity index (χ4v) is 5.33. The van der Waals surface area contributed by atoms with E-state index in [0.717, 1.165) is 43.2 Å². The molecule has 0 bridgehead atoms. The minimum absolute atomic E-state index is 0.0534. The number of aromatic nitrogens is 1. The summed E-state index contributed by atoms with van der Waals surface area (Å²) in [6, 6.07) is 0. The van der Waals surface area contributed by atoms with Crippen molar-refractivity contribution in [1.82, 2.24) is 14.8 Å². The van der Waals surface area contributed by atoms with Gasteiger partial charge < -0.3 is 4.90 Å². The Morgan fingerprint density at radius 1 is 1.29 bits per heavy atom. The van der Waals surface area contributed by atoms with Gasteiger partial charge >= 0.3 is 0 Å². The summed E-state index contributed by atoms with van der Waals surface area (Å²) in [5, 5.41) is 1.08. The molecule has 2 aliphatic heterocycles. The largest absolute Gasteiger partial charge is 0.340 e. The van der Waals surface area contributed by atoms with Gasteiger partial charge in [-0.3, -0.25) is 9.69 Å². The summed E-state index contributed by atoms with van der Waals surface area (Å²) in [5.41, 5.74) is 0.801. The molecule has 1 amide bonds. The van der Waals surface area contributed by atoms with E-state index in [9.17, 15) is 13.2 Å². The number of sulfone groups is 1. The van der Waals surface area contributed by atoms with Crippen LogP contribution >= 0.6 is 11.3 Å². The SMILES string of the molecule is Cc1nc(C)c(CN2CCCC3(C2)CN(CCS(C)(=O)=O)C3=O)s1. The Morgan fingerprint density at radius 2 is 2.04 bits per heavy atom. The maximum atomic E-state index is 12.6. The van der Waals surface area contributed by atoms with E-state index in [-0.39, 0.29) is 17.1 Å². The van der Waals surface area contributed by atoms with Crippen molar-refractivity contribution in [2.45, 2.75) is 33.2 Å². The monoisotopic (exact) mass is 371 g/mol. The minimum Gasteiger partial charge on any atom is -0.340 e. The molecule has 2 saturated heterocycles. The van der Waals surface area contributed by atoms with Crippen molar-refractivity contribution in [3.8, 4) is 0 Å². The molecule has 0 saturated carbocycles. The fraction of sp³-hybridized carbons (Fsp3) is 0.750. The predicted octanol–water partition coefficient (Wildman–Crippen LogP) is 1.23. The first-order valence-electron chi connectivity index (χ1n) is 8.31. The van der Waals surface area contributed by atoms with Crippen molar-refractivity contribution < 1.29 is 13.2 Å². The van der Waals surface area contributed by atoms with Gasteiger partial charge in [0, 0.05) is 37.3 Å². The second kappa shape index (κ2) is 6.38. The van der Waals surface area contributed by atoms with Gasteiger partial charge in [-0.05, 0) is 33.2 Å². The van der Waals surface area contributed by atoms with Crippen LogP contribution in [0.1, 0.15) is 28.4 Å². The zero-order chi connectivity index (χ0) is 17.5. The Kier molecular flexibility index (Phi) is 4.74. The maximum Gasteiger partial charge on any atom is 0.231 e. The van der Waals surface area contributed by atoms with Crippen LogP contribution in [0, 0.1) is 19.3 Å². The van der Waals surface area contributed by atoms with Gasteiger partial charge in [0.1, 0.15) is 9.84 Å². The number of carbonyl (C=O) groups excluding carboxylic acids is 1. The molecule has 1 aromatic rings. The molecule has 3 rings (SSSR count). The van der Waals surface area contributed by atoms with E-state index in [1.807, 2.05) is 13.8 Å². The Bertz CT molecular complexity index is 744. The number of likely N-dealkylation sites (tertiary alicyclic amines) is 2. The first-order chi connectivity index (χ1) is 11.2. The number of piperidine rings is 1. The highest BCUT2D eigenvalue weighted by Crippen LogP contribution is 2.40. The van der Waals surface area contributed by atoms with Gasteiger partial charge in [0.25, 0.3) is 0 Å². The lowest BCUT2D eigenvalue weighted by molar-refractivity contribution is -0.165. The molecule has 2 fully saturated rings. The van der Waals surface area contributed by atoms with E-state index in [1.54, 1.807) is 16.2 Å². The Balaban J connectivity index is 1.60. The normalized spacial score (nSPS) is 25.3. The number of hydrogen-bond donors (Lipinski definition) is 0. The van der Waals surface area contributed by atoms with E-state index < -0.39 is 9.84 Å². The van der Waals surface area contributed by atoms with Crippen molar-refractivity contribution in [2.24, 2.45) is 5.41 Å². The Labute approximate surface area is 147 Å². The minimum atomic E-state index is -3.02. The molecule has 134 valence electrons. The average molecular weight is 372 g/mol. The molecular weight excluding hydrogens is 346 g/mol. The van der Waals surface area contributed by atoms with E-state index in [4.69, 9.17) is 0 Å². The van der Waals surface area contributed by atoms with Gasteiger partial charge in [-0.2, -0.15) is 0 Å². The Hall–Kier alpha value is -0.990. The van der Waals surface area contributed by atoms with Crippen molar-refractivity contribution in [1.29, 1.82) is 0 Å². The van der Waals surface area contributed by atoms with Crippen LogP contribution in [0.4, 0.5) is 0 Å². The molecule has 0 N–H and O–H groups in total. The summed E-state index contributed by atoms with van der Waals surface area (Å²) in [5.74, 6) is 0.186. The number of thiazole rings is 1. The van der Waals surface area contributed by atoms with E-state index in [1.165, 1.54) is 11.1 Å². The van der Waals surface area contributed by atoms with Gasteiger partial charge in [0.15, 0.2) is 0 Å². The van der Waals surface area contributed by atoms with Crippen LogP contribution in [0.2, 0.25) is 0 Å². The molecule has 2 aliphatic rings. The van der Waals surface area contributed by atoms with Crippen LogP contribution in [-0.4, -0.2) is 67.3 Å². The third-order valence-corrected chi connectivity index (χ3v) is 6.97. The summed E-state index contributed by atoms with van der Waals surface area (Å²) in [6.45, 7) is 7.72. The quantitative estimate of drug-likeness (QED) is 0.728. The number of amides is 1. The predicted molar refractivity (Wildman–Crippen MR) is 94.8 cm³/mol. The van der Waals surface area contributed by atoms with Crippen LogP contribution in [-0.2, 0) is 21.2 Å². The highest BCUT2D eigenvalue weighted by Gasteiger charge is 2.53. The number of nitrogens with zero attached hydrogens (tertiary/aromatic N) is 3. The molecule has 8 heteroatoms. The highest BCUT2D eigenvalue weighted by molar-refractivity contribution is 7.90. The first-order valence-corrected chi connectivity index (χ1v) is 11.2. The van der Waals surface area contributed by atoms with Crippen molar-refractivity contribution >= 4 is 27.1 Å². The van der Waals surface area contributed by atoms with Crippen molar-refractivity contribution in [3.05, 3.63) is 15.6 Å². The van der Waals surface area contributed by atoms with Gasteiger partial charge in [-0.25, -0.2) is 13.4 Å². The highest BCUT2D eigenvalue weighted by atomic mass is 32.2. The summed E-state index contributed by atoms with van der Waals surface area (Å²) in [6.07, 6.45) is 3.15. The lowest BCUT2D eigenvalue weighted by Crippen LogP contribution is -2.67. The van der Waals surface area contributed by atoms with Crippen LogP contribution in [0.25, 0.3) is 0 Å². The van der Waals surface area contributed by atoms with E-state index >= 15 is 0 Å². The lowest BCUT2D eigenvalue weighted by atomic mass is 9.72. The number of rotatable bonds is 5. The van der Waals surface area contributed by atoms with Gasteiger partial charge in [-0.1, -0.05) is 0 Å². The third kappa shape index (κ3) is 3.65. The molecule has 6 nitrogen and oxygen atoms in total. The van der Waals surface area contributed by atoms with E-state index in [2.05, 4.69) is 9.88 Å². The molecule has 1 atom stereocenters. The second-order valence-corrected chi connectivity index (χ2v) is 10.7. The van der Waals surface area contributed by atoms with Crippen LogP contribution in [0.15, 0.2) is 0 Å². The van der Waals surface area contributed by atoms with Gasteiger partial charge in [0.05, 0.1) is 21.9 Å². The number of carbonyl (C=O) groups is 1. The fourth-order valence-electron chi connectivity index (χ4n) is 3.79. The molecule has 0 aliphatic carbocycles. The molecular formula is C16H25N3O3S2. The summed E-state index contributed by atoms with van der Waals surface area (Å²) < 4.78 is 22.6. The molecule has 1 unspecified atom stereocenters.